The lowest BCUT2D eigenvalue weighted by Gasteiger charge is -2.15. The second kappa shape index (κ2) is 11.2. The molecule has 0 bridgehead atoms. The molecule has 1 heterocycles. The minimum atomic E-state index is -0.572. The molecule has 1 unspecified atom stereocenters. The number of aliphatic hydroxyl groups is 1. The quantitative estimate of drug-likeness (QED) is 0.337. The average Bonchev–Trinajstić information content (AvgIpc) is 2.74. The minimum Gasteiger partial charge on any atom is -0.491 e. The SMILES string of the molecule is CC(C)NCC(O)COc1ccc(Nc2nccc(Nc3cc(Cl)ccc3Cl)n2)cc1. The normalized spacial score (nSPS) is 11.9. The number of nitrogens with one attached hydrogen (secondary N) is 3. The Hall–Kier alpha value is -2.58. The first-order valence-corrected chi connectivity index (χ1v) is 10.6. The maximum atomic E-state index is 9.93. The van der Waals surface area contributed by atoms with E-state index in [1.807, 2.05) is 38.1 Å². The lowest BCUT2D eigenvalue weighted by molar-refractivity contribution is 0.104. The Kier molecular flexibility index (Phi) is 8.31. The van der Waals surface area contributed by atoms with Crippen LogP contribution in [0.15, 0.2) is 54.7 Å². The Labute approximate surface area is 191 Å². The van der Waals surface area contributed by atoms with Crippen molar-refractivity contribution in [3.8, 4) is 5.75 Å². The second-order valence-electron chi connectivity index (χ2n) is 7.19. The van der Waals surface area contributed by atoms with Crippen LogP contribution in [-0.4, -0.2) is 40.4 Å². The third-order valence-corrected chi connectivity index (χ3v) is 4.73. The fourth-order valence-electron chi connectivity index (χ4n) is 2.61. The summed E-state index contributed by atoms with van der Waals surface area (Å²) in [5, 5.41) is 20.5. The van der Waals surface area contributed by atoms with Crippen LogP contribution in [0, 0.1) is 0 Å². The molecule has 0 radical (unpaired) electrons. The van der Waals surface area contributed by atoms with E-state index in [1.54, 1.807) is 30.5 Å². The van der Waals surface area contributed by atoms with Gasteiger partial charge in [-0.2, -0.15) is 4.98 Å². The Morgan fingerprint density at radius 2 is 1.81 bits per heavy atom. The van der Waals surface area contributed by atoms with Crippen LogP contribution in [0.1, 0.15) is 13.8 Å². The molecule has 9 heteroatoms. The van der Waals surface area contributed by atoms with Gasteiger partial charge in [0.25, 0.3) is 0 Å². The zero-order valence-electron chi connectivity index (χ0n) is 17.3. The summed E-state index contributed by atoms with van der Waals surface area (Å²) in [5.41, 5.74) is 1.46. The van der Waals surface area contributed by atoms with Gasteiger partial charge in [0.2, 0.25) is 5.95 Å². The van der Waals surface area contributed by atoms with Crippen molar-refractivity contribution in [1.82, 2.24) is 15.3 Å². The van der Waals surface area contributed by atoms with E-state index in [0.717, 1.165) is 5.69 Å². The van der Waals surface area contributed by atoms with E-state index >= 15 is 0 Å². The summed E-state index contributed by atoms with van der Waals surface area (Å²) >= 11 is 12.2. The summed E-state index contributed by atoms with van der Waals surface area (Å²) in [7, 11) is 0. The predicted molar refractivity (Wildman–Crippen MR) is 126 cm³/mol. The highest BCUT2D eigenvalue weighted by Crippen LogP contribution is 2.28. The second-order valence-corrected chi connectivity index (χ2v) is 8.04. The van der Waals surface area contributed by atoms with Crippen molar-refractivity contribution in [1.29, 1.82) is 0 Å². The molecule has 0 fully saturated rings. The molecule has 0 aliphatic carbocycles. The topological polar surface area (TPSA) is 91.3 Å². The van der Waals surface area contributed by atoms with Crippen molar-refractivity contribution in [3.63, 3.8) is 0 Å². The van der Waals surface area contributed by atoms with Crippen LogP contribution in [0.2, 0.25) is 10.0 Å². The zero-order valence-corrected chi connectivity index (χ0v) is 18.8. The van der Waals surface area contributed by atoms with Gasteiger partial charge in [-0.3, -0.25) is 0 Å². The van der Waals surface area contributed by atoms with Gasteiger partial charge in [-0.15, -0.1) is 0 Å². The highest BCUT2D eigenvalue weighted by Gasteiger charge is 2.07. The maximum Gasteiger partial charge on any atom is 0.229 e. The lowest BCUT2D eigenvalue weighted by atomic mass is 10.3. The molecule has 7 nitrogen and oxygen atoms in total. The fourth-order valence-corrected chi connectivity index (χ4v) is 2.94. The van der Waals surface area contributed by atoms with E-state index in [2.05, 4.69) is 25.9 Å². The van der Waals surface area contributed by atoms with Gasteiger partial charge in [0.1, 0.15) is 24.3 Å². The van der Waals surface area contributed by atoms with Crippen LogP contribution in [0.25, 0.3) is 0 Å². The summed E-state index contributed by atoms with van der Waals surface area (Å²) in [6.07, 6.45) is 1.07. The van der Waals surface area contributed by atoms with Gasteiger partial charge in [0, 0.05) is 29.5 Å². The Morgan fingerprint density at radius 3 is 2.55 bits per heavy atom. The van der Waals surface area contributed by atoms with Gasteiger partial charge in [-0.1, -0.05) is 37.0 Å². The molecule has 0 amide bonds. The number of hydrogen-bond donors (Lipinski definition) is 4. The number of aliphatic hydroxyl groups excluding tert-OH is 1. The number of hydrogen-bond acceptors (Lipinski definition) is 7. The Bertz CT molecular complexity index is 986. The molecule has 0 aliphatic heterocycles. The first-order chi connectivity index (χ1) is 14.9. The molecule has 1 atom stereocenters. The number of benzene rings is 2. The molecule has 0 saturated heterocycles. The van der Waals surface area contributed by atoms with Crippen LogP contribution in [0.3, 0.4) is 0 Å². The molecule has 31 heavy (non-hydrogen) atoms. The molecule has 2 aromatic carbocycles. The van der Waals surface area contributed by atoms with Gasteiger partial charge in [-0.25, -0.2) is 4.98 Å². The fraction of sp³-hybridized carbons (Fsp3) is 0.273. The van der Waals surface area contributed by atoms with Gasteiger partial charge < -0.3 is 25.8 Å². The third-order valence-electron chi connectivity index (χ3n) is 4.16. The number of nitrogens with zero attached hydrogens (tertiary/aromatic N) is 2. The maximum absolute atomic E-state index is 9.93. The molecular weight excluding hydrogens is 437 g/mol. The summed E-state index contributed by atoms with van der Waals surface area (Å²) < 4.78 is 5.63. The predicted octanol–water partition coefficient (Wildman–Crippen LogP) is 5.01. The zero-order chi connectivity index (χ0) is 22.2. The van der Waals surface area contributed by atoms with Crippen molar-refractivity contribution in [2.45, 2.75) is 26.0 Å². The summed E-state index contributed by atoms with van der Waals surface area (Å²) in [4.78, 5) is 8.68. The van der Waals surface area contributed by atoms with E-state index in [4.69, 9.17) is 27.9 Å². The molecule has 0 saturated carbocycles. The summed E-state index contributed by atoms with van der Waals surface area (Å²) in [6, 6.07) is 14.6. The number of anilines is 4. The van der Waals surface area contributed by atoms with Crippen molar-refractivity contribution in [3.05, 3.63) is 64.8 Å². The average molecular weight is 462 g/mol. The van der Waals surface area contributed by atoms with Crippen LogP contribution in [0.5, 0.6) is 5.75 Å². The van der Waals surface area contributed by atoms with Crippen molar-refractivity contribution in [2.24, 2.45) is 0 Å². The highest BCUT2D eigenvalue weighted by molar-refractivity contribution is 6.35. The molecule has 1 aromatic heterocycles. The monoisotopic (exact) mass is 461 g/mol. The first kappa shape index (κ1) is 23.1. The van der Waals surface area contributed by atoms with Crippen LogP contribution in [0.4, 0.5) is 23.1 Å². The smallest absolute Gasteiger partial charge is 0.229 e. The van der Waals surface area contributed by atoms with E-state index < -0.39 is 6.10 Å². The number of rotatable bonds is 10. The van der Waals surface area contributed by atoms with E-state index in [1.165, 1.54) is 0 Å². The Balaban J connectivity index is 1.56. The third kappa shape index (κ3) is 7.56. The number of halogens is 2. The standard InChI is InChI=1S/C22H25Cl2N5O2/c1-14(2)26-12-17(30)13-31-18-6-4-16(5-7-18)27-22-25-10-9-21(29-22)28-20-11-15(23)3-8-19(20)24/h3-11,14,17,26,30H,12-13H2,1-2H3,(H2,25,27,28,29). The Morgan fingerprint density at radius 1 is 1.03 bits per heavy atom. The van der Waals surface area contributed by atoms with Gasteiger partial charge >= 0.3 is 0 Å². The van der Waals surface area contributed by atoms with Crippen molar-refractivity contribution in [2.75, 3.05) is 23.8 Å². The summed E-state index contributed by atoms with van der Waals surface area (Å²) in [6.45, 7) is 4.76. The minimum absolute atomic E-state index is 0.218. The molecule has 3 aromatic rings. The molecule has 4 N–H and O–H groups in total. The van der Waals surface area contributed by atoms with E-state index in [-0.39, 0.29) is 6.61 Å². The van der Waals surface area contributed by atoms with Crippen LogP contribution >= 0.6 is 23.2 Å². The molecule has 164 valence electrons. The molecule has 0 spiro atoms. The molecular formula is C22H25Cl2N5O2. The van der Waals surface area contributed by atoms with Gasteiger partial charge in [0.15, 0.2) is 0 Å². The largest absolute Gasteiger partial charge is 0.491 e. The molecule has 3 rings (SSSR count). The van der Waals surface area contributed by atoms with Crippen molar-refractivity contribution < 1.29 is 9.84 Å². The van der Waals surface area contributed by atoms with Gasteiger partial charge in [0.05, 0.1) is 10.7 Å². The van der Waals surface area contributed by atoms with Crippen LogP contribution in [-0.2, 0) is 0 Å². The lowest BCUT2D eigenvalue weighted by Crippen LogP contribution is -2.35. The van der Waals surface area contributed by atoms with Gasteiger partial charge in [-0.05, 0) is 48.5 Å². The highest BCUT2D eigenvalue weighted by atomic mass is 35.5. The first-order valence-electron chi connectivity index (χ1n) is 9.85. The number of ether oxygens (including phenoxy) is 1. The van der Waals surface area contributed by atoms with E-state index in [0.29, 0.717) is 45.8 Å². The summed E-state index contributed by atoms with van der Waals surface area (Å²) in [5.74, 6) is 1.67. The molecule has 0 aliphatic rings. The number of aromatic nitrogens is 2. The van der Waals surface area contributed by atoms with Crippen LogP contribution < -0.4 is 20.7 Å². The van der Waals surface area contributed by atoms with E-state index in [9.17, 15) is 5.11 Å². The van der Waals surface area contributed by atoms with Crippen molar-refractivity contribution >= 4 is 46.3 Å².